The van der Waals surface area contributed by atoms with E-state index in [0.717, 1.165) is 15.5 Å². The van der Waals surface area contributed by atoms with E-state index in [2.05, 4.69) is 20.8 Å². The Morgan fingerprint density at radius 1 is 0.708 bits per heavy atom. The van der Waals surface area contributed by atoms with Crippen LogP contribution in [0.25, 0.3) is 0 Å². The van der Waals surface area contributed by atoms with Gasteiger partial charge in [-0.3, -0.25) is 0 Å². The Morgan fingerprint density at radius 2 is 1.12 bits per heavy atom. The van der Waals surface area contributed by atoms with Crippen molar-refractivity contribution in [1.82, 2.24) is 0 Å². The molecule has 0 bridgehead atoms. The molecule has 0 heterocycles. The summed E-state index contributed by atoms with van der Waals surface area (Å²) in [7, 11) is 1.95. The van der Waals surface area contributed by atoms with E-state index in [4.69, 9.17) is 4.74 Å². The Balaban J connectivity index is 1.41. The zero-order valence-electron chi connectivity index (χ0n) is 16.4. The van der Waals surface area contributed by atoms with Crippen molar-refractivity contribution in [3.05, 3.63) is 0 Å². The molecule has 0 saturated heterocycles. The van der Waals surface area contributed by atoms with Gasteiger partial charge in [0.1, 0.15) is 0 Å². The van der Waals surface area contributed by atoms with E-state index in [0.29, 0.717) is 0 Å². The van der Waals surface area contributed by atoms with Crippen LogP contribution in [0.2, 0.25) is 16.7 Å². The quantitative estimate of drug-likeness (QED) is 0.342. The minimum absolute atomic E-state index is 0.758. The molecule has 6 fully saturated rings. The third kappa shape index (κ3) is 1.37. The van der Waals surface area contributed by atoms with Gasteiger partial charge in [-0.1, -0.05) is 0 Å². The van der Waals surface area contributed by atoms with E-state index in [-0.39, 0.29) is 0 Å². The normalized spacial score (nSPS) is 51.0. The van der Waals surface area contributed by atoms with Gasteiger partial charge in [-0.25, -0.2) is 0 Å². The first-order valence-electron chi connectivity index (χ1n) is 11.2. The van der Waals surface area contributed by atoms with Crippen molar-refractivity contribution in [2.24, 2.45) is 40.9 Å². The van der Waals surface area contributed by atoms with Gasteiger partial charge in [0, 0.05) is 0 Å². The summed E-state index contributed by atoms with van der Waals surface area (Å²) in [6.07, 6.45) is 9.03. The van der Waals surface area contributed by atoms with Gasteiger partial charge in [0.15, 0.2) is 0 Å². The van der Waals surface area contributed by atoms with Crippen LogP contribution in [0.4, 0.5) is 0 Å². The van der Waals surface area contributed by atoms with Gasteiger partial charge in [0.25, 0.3) is 0 Å². The van der Waals surface area contributed by atoms with Crippen molar-refractivity contribution in [2.75, 3.05) is 13.7 Å². The number of hydrogen-bond acceptors (Lipinski definition) is 1. The molecule has 6 aliphatic carbocycles. The molecule has 0 aliphatic heterocycles. The van der Waals surface area contributed by atoms with E-state index in [1.807, 2.05) is 7.11 Å². The van der Waals surface area contributed by atoms with Crippen molar-refractivity contribution in [3.8, 4) is 0 Å². The van der Waals surface area contributed by atoms with Crippen LogP contribution in [0.3, 0.4) is 0 Å². The second kappa shape index (κ2) is 5.40. The standard InChI is InChI=1S/C10H11O.3C4H9.Sn/c1-11-2-10-7-4-3-5(7)9(10)6(3)8(4)10;3*1-3-4-2;/h4-9H,2H2,1H3;3*1,3-4H2,2H3;. The second-order valence-corrected chi connectivity index (χ2v) is 24.3. The van der Waals surface area contributed by atoms with Crippen molar-refractivity contribution in [1.29, 1.82) is 0 Å². The Bertz CT molecular complexity index is 451. The Morgan fingerprint density at radius 3 is 1.46 bits per heavy atom. The fourth-order valence-corrected chi connectivity index (χ4v) is 33.7. The van der Waals surface area contributed by atoms with Crippen LogP contribution in [0.1, 0.15) is 59.3 Å². The molecule has 6 rings (SSSR count). The van der Waals surface area contributed by atoms with E-state index in [1.165, 1.54) is 54.8 Å². The van der Waals surface area contributed by atoms with Crippen molar-refractivity contribution in [3.63, 3.8) is 0 Å². The first-order chi connectivity index (χ1) is 11.7. The first kappa shape index (κ1) is 16.9. The molecular formula is C22H38OSn. The average molecular weight is 437 g/mol. The average Bonchev–Trinajstić information content (AvgIpc) is 2.62. The van der Waals surface area contributed by atoms with E-state index in [9.17, 15) is 0 Å². The van der Waals surface area contributed by atoms with Gasteiger partial charge in [0.05, 0.1) is 0 Å². The molecule has 0 radical (unpaired) electrons. The van der Waals surface area contributed by atoms with Crippen LogP contribution in [0, 0.1) is 40.9 Å². The monoisotopic (exact) mass is 438 g/mol. The van der Waals surface area contributed by atoms with Gasteiger partial charge in [-0.15, -0.1) is 0 Å². The fraction of sp³-hybridized carbons (Fsp3) is 1.00. The van der Waals surface area contributed by atoms with Crippen LogP contribution in [0.15, 0.2) is 0 Å². The number of hydrogen-bond donors (Lipinski definition) is 0. The predicted molar refractivity (Wildman–Crippen MR) is 103 cm³/mol. The molecule has 0 aromatic heterocycles. The zero-order chi connectivity index (χ0) is 16.7. The summed E-state index contributed by atoms with van der Waals surface area (Å²) in [5.41, 5.74) is 0.758. The molecule has 1 nitrogen and oxygen atoms in total. The first-order valence-corrected chi connectivity index (χ1v) is 18.7. The molecule has 0 N–H and O–H groups in total. The summed E-state index contributed by atoms with van der Waals surface area (Å²) in [6.45, 7) is 8.42. The van der Waals surface area contributed by atoms with Crippen LogP contribution in [-0.4, -0.2) is 32.1 Å². The Labute approximate surface area is 153 Å². The van der Waals surface area contributed by atoms with Crippen molar-refractivity contribution in [2.45, 2.75) is 76.0 Å². The zero-order valence-corrected chi connectivity index (χ0v) is 19.3. The maximum atomic E-state index is 5.68. The van der Waals surface area contributed by atoms with Crippen molar-refractivity contribution >= 4 is 18.4 Å². The number of methoxy groups -OCH3 is 1. The van der Waals surface area contributed by atoms with E-state index < -0.39 is 18.4 Å². The molecule has 0 aromatic rings. The molecule has 0 unspecified atom stereocenters. The van der Waals surface area contributed by atoms with E-state index >= 15 is 0 Å². The maximum absolute atomic E-state index is 5.68. The second-order valence-electron chi connectivity index (χ2n) is 10.2. The molecule has 0 atom stereocenters. The molecule has 2 heteroatoms. The molecule has 0 aromatic carbocycles. The third-order valence-electron chi connectivity index (χ3n) is 10.2. The molecule has 136 valence electrons. The molecule has 6 aliphatic rings. The summed E-state index contributed by atoms with van der Waals surface area (Å²) >= 11 is -2.01. The van der Waals surface area contributed by atoms with E-state index in [1.54, 1.807) is 32.6 Å². The molecular weight excluding hydrogens is 399 g/mol. The summed E-state index contributed by atoms with van der Waals surface area (Å²) in [4.78, 5) is 0. The summed E-state index contributed by atoms with van der Waals surface area (Å²) < 4.78 is 12.0. The number of rotatable bonds is 12. The molecule has 24 heavy (non-hydrogen) atoms. The summed E-state index contributed by atoms with van der Waals surface area (Å²) in [6, 6.07) is 0. The minimum atomic E-state index is -2.01. The third-order valence-corrected chi connectivity index (χ3v) is 29.5. The summed E-state index contributed by atoms with van der Waals surface area (Å²) in [5, 5.41) is 0. The van der Waals surface area contributed by atoms with Gasteiger partial charge in [0.2, 0.25) is 0 Å². The Hall–Kier alpha value is 0.759. The summed E-state index contributed by atoms with van der Waals surface area (Å²) in [5.74, 6) is 7.23. The van der Waals surface area contributed by atoms with Crippen LogP contribution in [-0.2, 0) is 4.74 Å². The van der Waals surface area contributed by atoms with Crippen molar-refractivity contribution < 1.29 is 4.74 Å². The number of unbranched alkanes of at least 4 members (excludes halogenated alkanes) is 3. The molecule has 6 saturated carbocycles. The van der Waals surface area contributed by atoms with Crippen LogP contribution < -0.4 is 0 Å². The fourth-order valence-electron chi connectivity index (χ4n) is 9.92. The van der Waals surface area contributed by atoms with Gasteiger partial charge in [-0.05, 0) is 0 Å². The van der Waals surface area contributed by atoms with Crippen LogP contribution in [0.5, 0.6) is 0 Å². The van der Waals surface area contributed by atoms with Gasteiger partial charge < -0.3 is 0 Å². The predicted octanol–water partition coefficient (Wildman–Crippen LogP) is 5.97. The molecule has 0 amide bonds. The Kier molecular flexibility index (Phi) is 3.80. The SMILES string of the molecule is CCC[CH2][Sn]([CH2]CCC)([CH2]CCC)[C]12C3C4C1C1C2C3C41COC. The van der Waals surface area contributed by atoms with Crippen LogP contribution >= 0.6 is 0 Å². The van der Waals surface area contributed by atoms with Gasteiger partial charge in [-0.2, -0.15) is 0 Å². The van der Waals surface area contributed by atoms with Gasteiger partial charge >= 0.3 is 154 Å². The molecule has 0 spiro atoms. The topological polar surface area (TPSA) is 9.23 Å². The number of ether oxygens (including phenoxy) is 1.